The second-order valence-corrected chi connectivity index (χ2v) is 15.0. The first-order valence-corrected chi connectivity index (χ1v) is 12.5. The topological polar surface area (TPSA) is 9.23 Å². The summed E-state index contributed by atoms with van der Waals surface area (Å²) in [6.07, 6.45) is 6.60. The predicted molar refractivity (Wildman–Crippen MR) is 120 cm³/mol. The zero-order valence-corrected chi connectivity index (χ0v) is 19.7. The van der Waals surface area contributed by atoms with Gasteiger partial charge in [0.05, 0.1) is 0 Å². The average molecular weight is 375 g/mol. The Morgan fingerprint density at radius 1 is 0.846 bits per heavy atom. The number of hydrogen-bond acceptors (Lipinski definition) is 1. The molecule has 0 aromatic heterocycles. The highest BCUT2D eigenvalue weighted by atomic mass is 28.4. The minimum Gasteiger partial charge on any atom is -0.416 e. The van der Waals surface area contributed by atoms with E-state index in [1.807, 2.05) is 0 Å². The van der Waals surface area contributed by atoms with Gasteiger partial charge in [0.25, 0.3) is 0 Å². The fourth-order valence-corrected chi connectivity index (χ4v) is 9.75. The summed E-state index contributed by atoms with van der Waals surface area (Å²) >= 11 is 0. The Kier molecular flexibility index (Phi) is 8.82. The molecule has 0 spiro atoms. The molecule has 0 aliphatic carbocycles. The molecule has 0 bridgehead atoms. The SMILES string of the molecule is CC(C)[Si](OCC/C=C/Cc1ccc(C(C)(C)C)cc1)(C(C)C)C(C)C. The fraction of sp³-hybridized carbons (Fsp3) is 0.667. The Bertz CT molecular complexity index is 525. The molecule has 1 aromatic carbocycles. The molecule has 2 heteroatoms. The lowest BCUT2D eigenvalue weighted by atomic mass is 9.86. The molecule has 0 saturated heterocycles. The molecular formula is C24H42OSi. The van der Waals surface area contributed by atoms with Crippen molar-refractivity contribution in [3.63, 3.8) is 0 Å². The average Bonchev–Trinajstić information content (AvgIpc) is 2.52. The van der Waals surface area contributed by atoms with Crippen molar-refractivity contribution in [1.29, 1.82) is 0 Å². The highest BCUT2D eigenvalue weighted by Gasteiger charge is 2.44. The Morgan fingerprint density at radius 2 is 1.35 bits per heavy atom. The normalized spacial score (nSPS) is 13.5. The van der Waals surface area contributed by atoms with Crippen molar-refractivity contribution < 1.29 is 4.43 Å². The Hall–Kier alpha value is -0.863. The van der Waals surface area contributed by atoms with E-state index in [1.54, 1.807) is 0 Å². The summed E-state index contributed by atoms with van der Waals surface area (Å²) in [5, 5.41) is 0. The molecule has 0 aliphatic heterocycles. The summed E-state index contributed by atoms with van der Waals surface area (Å²) in [6, 6.07) is 9.05. The van der Waals surface area contributed by atoms with Crippen molar-refractivity contribution in [1.82, 2.24) is 0 Å². The summed E-state index contributed by atoms with van der Waals surface area (Å²) in [5.74, 6) is 0. The van der Waals surface area contributed by atoms with Crippen molar-refractivity contribution in [2.24, 2.45) is 0 Å². The lowest BCUT2D eigenvalue weighted by Gasteiger charge is -2.42. The first-order valence-electron chi connectivity index (χ1n) is 10.4. The van der Waals surface area contributed by atoms with Gasteiger partial charge in [0.15, 0.2) is 8.32 Å². The summed E-state index contributed by atoms with van der Waals surface area (Å²) in [4.78, 5) is 0. The smallest absolute Gasteiger partial charge is 0.200 e. The van der Waals surface area contributed by atoms with Crippen LogP contribution in [0, 0.1) is 0 Å². The van der Waals surface area contributed by atoms with Crippen LogP contribution in [0.2, 0.25) is 16.6 Å². The summed E-state index contributed by atoms with van der Waals surface area (Å²) in [7, 11) is -1.71. The van der Waals surface area contributed by atoms with E-state index in [1.165, 1.54) is 11.1 Å². The molecule has 0 atom stereocenters. The number of rotatable bonds is 9. The van der Waals surface area contributed by atoms with Crippen molar-refractivity contribution >= 4 is 8.32 Å². The third kappa shape index (κ3) is 6.09. The van der Waals surface area contributed by atoms with Gasteiger partial charge in [0, 0.05) is 6.61 Å². The molecule has 0 amide bonds. The maximum atomic E-state index is 6.61. The number of benzene rings is 1. The molecule has 0 saturated carbocycles. The van der Waals surface area contributed by atoms with Crippen LogP contribution in [0.1, 0.15) is 79.9 Å². The van der Waals surface area contributed by atoms with Crippen LogP contribution in [0.3, 0.4) is 0 Å². The van der Waals surface area contributed by atoms with E-state index in [0.29, 0.717) is 16.6 Å². The van der Waals surface area contributed by atoms with Gasteiger partial charge in [-0.1, -0.05) is 98.7 Å². The van der Waals surface area contributed by atoms with Gasteiger partial charge in [-0.05, 0) is 46.0 Å². The van der Waals surface area contributed by atoms with E-state index in [0.717, 1.165) is 19.4 Å². The number of hydrogen-bond donors (Lipinski definition) is 0. The van der Waals surface area contributed by atoms with Crippen molar-refractivity contribution in [2.75, 3.05) is 6.61 Å². The second kappa shape index (κ2) is 9.89. The van der Waals surface area contributed by atoms with E-state index < -0.39 is 8.32 Å². The van der Waals surface area contributed by atoms with Crippen LogP contribution in [-0.2, 0) is 16.3 Å². The van der Waals surface area contributed by atoms with Gasteiger partial charge in [0.1, 0.15) is 0 Å². The van der Waals surface area contributed by atoms with Crippen molar-refractivity contribution in [3.8, 4) is 0 Å². The van der Waals surface area contributed by atoms with E-state index in [9.17, 15) is 0 Å². The highest BCUT2D eigenvalue weighted by molar-refractivity contribution is 6.77. The Balaban J connectivity index is 2.52. The van der Waals surface area contributed by atoms with Crippen LogP contribution in [0.5, 0.6) is 0 Å². The maximum absolute atomic E-state index is 6.61. The molecule has 0 heterocycles. The van der Waals surface area contributed by atoms with Crippen LogP contribution in [0.4, 0.5) is 0 Å². The quantitative estimate of drug-likeness (QED) is 0.245. The van der Waals surface area contributed by atoms with E-state index in [-0.39, 0.29) is 5.41 Å². The van der Waals surface area contributed by atoms with Crippen molar-refractivity contribution in [2.45, 2.75) is 97.2 Å². The molecular weight excluding hydrogens is 332 g/mol. The van der Waals surface area contributed by atoms with Crippen LogP contribution in [0.25, 0.3) is 0 Å². The monoisotopic (exact) mass is 374 g/mol. The van der Waals surface area contributed by atoms with Crippen LogP contribution in [-0.4, -0.2) is 14.9 Å². The first-order chi connectivity index (χ1) is 12.0. The molecule has 0 unspecified atom stereocenters. The molecule has 0 N–H and O–H groups in total. The lowest BCUT2D eigenvalue weighted by molar-refractivity contribution is 0.284. The maximum Gasteiger partial charge on any atom is 0.200 e. The molecule has 0 aliphatic rings. The first kappa shape index (κ1) is 23.2. The molecule has 1 aromatic rings. The van der Waals surface area contributed by atoms with Gasteiger partial charge in [0.2, 0.25) is 0 Å². The second-order valence-electron chi connectivity index (χ2n) is 9.58. The van der Waals surface area contributed by atoms with E-state index in [4.69, 9.17) is 4.43 Å². The summed E-state index contributed by atoms with van der Waals surface area (Å²) in [5.41, 5.74) is 4.99. The molecule has 1 nitrogen and oxygen atoms in total. The van der Waals surface area contributed by atoms with Crippen LogP contribution < -0.4 is 0 Å². The van der Waals surface area contributed by atoms with Gasteiger partial charge in [-0.2, -0.15) is 0 Å². The summed E-state index contributed by atoms with van der Waals surface area (Å²) in [6.45, 7) is 21.7. The Labute approximate surface area is 164 Å². The van der Waals surface area contributed by atoms with Crippen molar-refractivity contribution in [3.05, 3.63) is 47.5 Å². The summed E-state index contributed by atoms with van der Waals surface area (Å²) < 4.78 is 6.61. The van der Waals surface area contributed by atoms with Gasteiger partial charge in [-0.15, -0.1) is 0 Å². The molecule has 0 radical (unpaired) electrons. The third-order valence-electron chi connectivity index (χ3n) is 5.68. The van der Waals surface area contributed by atoms with Crippen LogP contribution in [0.15, 0.2) is 36.4 Å². The van der Waals surface area contributed by atoms with E-state index >= 15 is 0 Å². The molecule has 1 rings (SSSR count). The fourth-order valence-electron chi connectivity index (χ4n) is 4.28. The zero-order valence-electron chi connectivity index (χ0n) is 18.7. The van der Waals surface area contributed by atoms with Gasteiger partial charge in [-0.3, -0.25) is 0 Å². The van der Waals surface area contributed by atoms with Gasteiger partial charge < -0.3 is 4.43 Å². The Morgan fingerprint density at radius 3 is 1.77 bits per heavy atom. The van der Waals surface area contributed by atoms with E-state index in [2.05, 4.69) is 98.7 Å². The van der Waals surface area contributed by atoms with Gasteiger partial charge in [-0.25, -0.2) is 0 Å². The highest BCUT2D eigenvalue weighted by Crippen LogP contribution is 2.42. The third-order valence-corrected chi connectivity index (χ3v) is 11.8. The predicted octanol–water partition coefficient (Wildman–Crippen LogP) is 7.67. The lowest BCUT2D eigenvalue weighted by Crippen LogP contribution is -2.47. The van der Waals surface area contributed by atoms with Gasteiger partial charge >= 0.3 is 0 Å². The molecule has 0 fully saturated rings. The standard InChI is InChI=1S/C24H42OSi/c1-19(2)26(20(3)4,21(5)6)25-18-12-10-11-13-22-14-16-23(17-15-22)24(7,8)9/h10-11,14-17,19-21H,12-13,18H2,1-9H3/b11-10+. The minimum atomic E-state index is -1.71. The van der Waals surface area contributed by atoms with Crippen LogP contribution >= 0.6 is 0 Å². The zero-order chi connectivity index (χ0) is 20.0. The molecule has 26 heavy (non-hydrogen) atoms. The number of allylic oxidation sites excluding steroid dienone is 1. The largest absolute Gasteiger partial charge is 0.416 e. The minimum absolute atomic E-state index is 0.228. The molecule has 148 valence electrons.